The monoisotopic (exact) mass is 314 g/mol. The quantitative estimate of drug-likeness (QED) is 0.919. The molecule has 110 valence electrons. The van der Waals surface area contributed by atoms with Crippen molar-refractivity contribution in [3.8, 4) is 0 Å². The van der Waals surface area contributed by atoms with Crippen molar-refractivity contribution in [2.75, 3.05) is 0 Å². The Labute approximate surface area is 122 Å². The van der Waals surface area contributed by atoms with Gasteiger partial charge >= 0.3 is 4.87 Å². The third-order valence-corrected chi connectivity index (χ3v) is 5.76. The molecule has 0 aliphatic heterocycles. The Kier molecular flexibility index (Phi) is 4.31. The van der Waals surface area contributed by atoms with Gasteiger partial charge in [0.15, 0.2) is 0 Å². The first-order valence-electron chi connectivity index (χ1n) is 6.54. The molecule has 0 aliphatic carbocycles. The van der Waals surface area contributed by atoms with E-state index in [2.05, 4.69) is 4.72 Å². The lowest BCUT2D eigenvalue weighted by Gasteiger charge is -2.12. The van der Waals surface area contributed by atoms with E-state index in [1.54, 1.807) is 22.8 Å². The topological polar surface area (TPSA) is 68.2 Å². The zero-order valence-electron chi connectivity index (χ0n) is 11.7. The van der Waals surface area contributed by atoms with E-state index in [0.29, 0.717) is 11.2 Å². The zero-order valence-corrected chi connectivity index (χ0v) is 13.3. The lowest BCUT2D eigenvalue weighted by Crippen LogP contribution is -2.31. The van der Waals surface area contributed by atoms with E-state index in [-0.39, 0.29) is 15.8 Å². The molecule has 2 aromatic rings. The molecule has 1 heterocycles. The van der Waals surface area contributed by atoms with Gasteiger partial charge in [0, 0.05) is 12.6 Å². The van der Waals surface area contributed by atoms with Crippen molar-refractivity contribution in [3.63, 3.8) is 0 Å². The van der Waals surface area contributed by atoms with Crippen LogP contribution in [-0.4, -0.2) is 19.0 Å². The molecule has 0 aliphatic rings. The maximum absolute atomic E-state index is 12.2. The van der Waals surface area contributed by atoms with E-state index in [9.17, 15) is 13.2 Å². The molecule has 1 aromatic heterocycles. The summed E-state index contributed by atoms with van der Waals surface area (Å²) in [5.74, 6) is 0. The molecule has 1 aromatic carbocycles. The number of aryl methyl sites for hydroxylation is 1. The van der Waals surface area contributed by atoms with Crippen molar-refractivity contribution in [1.29, 1.82) is 0 Å². The van der Waals surface area contributed by atoms with Crippen molar-refractivity contribution < 1.29 is 8.42 Å². The second-order valence-electron chi connectivity index (χ2n) is 4.67. The third-order valence-electron chi connectivity index (χ3n) is 3.23. The maximum Gasteiger partial charge on any atom is 0.308 e. The molecule has 0 saturated heterocycles. The van der Waals surface area contributed by atoms with E-state index in [0.717, 1.165) is 23.3 Å². The molecular weight excluding hydrogens is 296 g/mol. The average Bonchev–Trinajstić information content (AvgIpc) is 2.72. The third kappa shape index (κ3) is 2.79. The highest BCUT2D eigenvalue weighted by Gasteiger charge is 2.18. The predicted molar refractivity (Wildman–Crippen MR) is 81.8 cm³/mol. The summed E-state index contributed by atoms with van der Waals surface area (Å²) in [4.78, 5) is 11.9. The van der Waals surface area contributed by atoms with Crippen molar-refractivity contribution in [1.82, 2.24) is 9.29 Å². The lowest BCUT2D eigenvalue weighted by atomic mass is 10.3. The van der Waals surface area contributed by atoms with Crippen LogP contribution < -0.4 is 9.60 Å². The number of nitrogens with zero attached hydrogens (tertiary/aromatic N) is 1. The molecule has 7 heteroatoms. The first kappa shape index (κ1) is 15.2. The van der Waals surface area contributed by atoms with Crippen molar-refractivity contribution in [2.24, 2.45) is 0 Å². The molecule has 2 rings (SSSR count). The minimum Gasteiger partial charge on any atom is -0.299 e. The predicted octanol–water partition coefficient (Wildman–Crippen LogP) is 2.16. The number of aromatic nitrogens is 1. The van der Waals surface area contributed by atoms with Crippen molar-refractivity contribution >= 4 is 31.6 Å². The SMILES string of the molecule is CCC(C)NS(=O)(=O)c1ccc2c(c1)sc(=O)n2CC. The summed E-state index contributed by atoms with van der Waals surface area (Å²) in [5.41, 5.74) is 0.782. The van der Waals surface area contributed by atoms with E-state index >= 15 is 0 Å². The molecule has 0 amide bonds. The summed E-state index contributed by atoms with van der Waals surface area (Å²) in [5, 5.41) is 0. The number of nitrogens with one attached hydrogen (secondary N) is 1. The summed E-state index contributed by atoms with van der Waals surface area (Å²) >= 11 is 1.07. The van der Waals surface area contributed by atoms with E-state index in [4.69, 9.17) is 0 Å². The maximum atomic E-state index is 12.2. The number of rotatable bonds is 5. The van der Waals surface area contributed by atoms with Crippen LogP contribution >= 0.6 is 11.3 Å². The van der Waals surface area contributed by atoms with E-state index < -0.39 is 10.0 Å². The molecule has 0 saturated carbocycles. The molecule has 0 spiro atoms. The van der Waals surface area contributed by atoms with Gasteiger partial charge in [-0.05, 0) is 38.5 Å². The average molecular weight is 314 g/mol. The number of thiazole rings is 1. The Hall–Kier alpha value is -1.18. The first-order chi connectivity index (χ1) is 9.39. The number of fused-ring (bicyclic) bond motifs is 1. The summed E-state index contributed by atoms with van der Waals surface area (Å²) in [6, 6.07) is 4.70. The highest BCUT2D eigenvalue weighted by atomic mass is 32.2. The van der Waals surface area contributed by atoms with Gasteiger partial charge in [-0.3, -0.25) is 9.36 Å². The molecular formula is C13H18N2O3S2. The highest BCUT2D eigenvalue weighted by Crippen LogP contribution is 2.21. The number of benzene rings is 1. The van der Waals surface area contributed by atoms with Crippen LogP contribution in [0.2, 0.25) is 0 Å². The first-order valence-corrected chi connectivity index (χ1v) is 8.84. The molecule has 1 atom stereocenters. The second kappa shape index (κ2) is 5.67. The molecule has 20 heavy (non-hydrogen) atoms. The van der Waals surface area contributed by atoms with Crippen LogP contribution in [0.15, 0.2) is 27.9 Å². The lowest BCUT2D eigenvalue weighted by molar-refractivity contribution is 0.556. The van der Waals surface area contributed by atoms with Gasteiger partial charge in [0.25, 0.3) is 0 Å². The minimum atomic E-state index is -3.53. The Morgan fingerprint density at radius 2 is 2.05 bits per heavy atom. The van der Waals surface area contributed by atoms with Crippen LogP contribution in [0.1, 0.15) is 27.2 Å². The molecule has 5 nitrogen and oxygen atoms in total. The Morgan fingerprint density at radius 1 is 1.35 bits per heavy atom. The van der Waals surface area contributed by atoms with Crippen LogP contribution in [0.25, 0.3) is 10.2 Å². The number of hydrogen-bond acceptors (Lipinski definition) is 4. The van der Waals surface area contributed by atoms with Gasteiger partial charge in [0.05, 0.1) is 15.1 Å². The van der Waals surface area contributed by atoms with E-state index in [1.165, 1.54) is 0 Å². The molecule has 1 N–H and O–H groups in total. The fourth-order valence-electron chi connectivity index (χ4n) is 1.93. The molecule has 0 bridgehead atoms. The normalized spacial score (nSPS) is 13.8. The van der Waals surface area contributed by atoms with Crippen LogP contribution in [0, 0.1) is 0 Å². The summed E-state index contributed by atoms with van der Waals surface area (Å²) in [6.45, 7) is 6.21. The fourth-order valence-corrected chi connectivity index (χ4v) is 4.35. The van der Waals surface area contributed by atoms with Gasteiger partial charge in [-0.2, -0.15) is 0 Å². The smallest absolute Gasteiger partial charge is 0.299 e. The summed E-state index contributed by atoms with van der Waals surface area (Å²) in [7, 11) is -3.53. The van der Waals surface area contributed by atoms with Crippen molar-refractivity contribution in [3.05, 3.63) is 27.9 Å². The van der Waals surface area contributed by atoms with Crippen LogP contribution in [0.5, 0.6) is 0 Å². The van der Waals surface area contributed by atoms with Gasteiger partial charge in [-0.15, -0.1) is 0 Å². The van der Waals surface area contributed by atoms with Gasteiger partial charge in [0.1, 0.15) is 0 Å². The Balaban J connectivity index is 2.50. The van der Waals surface area contributed by atoms with Gasteiger partial charge in [-0.25, -0.2) is 13.1 Å². The van der Waals surface area contributed by atoms with Crippen molar-refractivity contribution in [2.45, 2.75) is 44.7 Å². The van der Waals surface area contributed by atoms with E-state index in [1.807, 2.05) is 20.8 Å². The Bertz CT molecular complexity index is 775. The standard InChI is InChI=1S/C13H18N2O3S2/c1-4-9(3)14-20(17,18)10-6-7-11-12(8-10)19-13(16)15(11)5-2/h6-9,14H,4-5H2,1-3H3. The van der Waals surface area contributed by atoms with Gasteiger partial charge < -0.3 is 0 Å². The molecule has 0 fully saturated rings. The largest absolute Gasteiger partial charge is 0.308 e. The zero-order chi connectivity index (χ0) is 14.9. The fraction of sp³-hybridized carbons (Fsp3) is 0.462. The number of hydrogen-bond donors (Lipinski definition) is 1. The van der Waals surface area contributed by atoms with Crippen LogP contribution in [-0.2, 0) is 16.6 Å². The molecule has 1 unspecified atom stereocenters. The second-order valence-corrected chi connectivity index (χ2v) is 7.38. The number of sulfonamides is 1. The molecule has 0 radical (unpaired) electrons. The minimum absolute atomic E-state index is 0.0630. The summed E-state index contributed by atoms with van der Waals surface area (Å²) < 4.78 is 29.4. The van der Waals surface area contributed by atoms with Crippen LogP contribution in [0.4, 0.5) is 0 Å². The summed E-state index contributed by atoms with van der Waals surface area (Å²) in [6.07, 6.45) is 0.723. The van der Waals surface area contributed by atoms with Crippen LogP contribution in [0.3, 0.4) is 0 Å². The van der Waals surface area contributed by atoms with Gasteiger partial charge in [0.2, 0.25) is 10.0 Å². The highest BCUT2D eigenvalue weighted by molar-refractivity contribution is 7.89. The Morgan fingerprint density at radius 3 is 2.65 bits per heavy atom. The van der Waals surface area contributed by atoms with Gasteiger partial charge in [-0.1, -0.05) is 18.3 Å².